The third-order valence-electron chi connectivity index (χ3n) is 1.81. The summed E-state index contributed by atoms with van der Waals surface area (Å²) in [7, 11) is 1.51. The third kappa shape index (κ3) is 3.62. The summed E-state index contributed by atoms with van der Waals surface area (Å²) in [4.78, 5) is 11.5. The molecule has 0 bridgehead atoms. The molecule has 0 saturated carbocycles. The van der Waals surface area contributed by atoms with E-state index in [1.165, 1.54) is 7.11 Å². The number of ether oxygens (including phenoxy) is 1. The first kappa shape index (κ1) is 12.2. The number of anilines is 1. The average molecular weight is 273 g/mol. The molecule has 1 atom stereocenters. The van der Waals surface area contributed by atoms with Crippen LogP contribution >= 0.6 is 15.9 Å². The Hall–Kier alpha value is -0.910. The highest BCUT2D eigenvalue weighted by molar-refractivity contribution is 9.10. The molecule has 0 saturated heterocycles. The van der Waals surface area contributed by atoms with Gasteiger partial charge in [-0.3, -0.25) is 4.79 Å². The molecule has 3 N–H and O–H groups in total. The average Bonchev–Trinajstić information content (AvgIpc) is 2.21. The minimum absolute atomic E-state index is 0.205. The normalized spacial score (nSPS) is 12.2. The number of hydrogen-bond acceptors (Lipinski definition) is 3. The van der Waals surface area contributed by atoms with Gasteiger partial charge in [0, 0.05) is 11.6 Å². The molecule has 0 fully saturated rings. The number of hydrogen-bond donors (Lipinski definition) is 2. The number of carbonyl (C=O) groups excluding carboxylic acids is 1. The van der Waals surface area contributed by atoms with Gasteiger partial charge in [0.15, 0.2) is 0 Å². The molecule has 0 aromatic heterocycles. The van der Waals surface area contributed by atoms with Crippen LogP contribution in [-0.4, -0.2) is 25.7 Å². The number of carbonyl (C=O) groups is 1. The third-order valence-corrected chi connectivity index (χ3v) is 2.51. The Bertz CT molecular complexity index is 344. The van der Waals surface area contributed by atoms with Crippen molar-refractivity contribution in [2.24, 2.45) is 5.73 Å². The van der Waals surface area contributed by atoms with Gasteiger partial charge in [-0.05, 0) is 28.1 Å². The Balaban J connectivity index is 2.62. The summed E-state index contributed by atoms with van der Waals surface area (Å²) < 4.78 is 5.62. The smallest absolute Gasteiger partial charge is 0.243 e. The van der Waals surface area contributed by atoms with Crippen LogP contribution in [0.5, 0.6) is 0 Å². The van der Waals surface area contributed by atoms with Crippen LogP contribution < -0.4 is 11.1 Å². The minimum Gasteiger partial charge on any atom is -0.383 e. The molecule has 1 unspecified atom stereocenters. The van der Waals surface area contributed by atoms with Crippen LogP contribution in [0.4, 0.5) is 5.69 Å². The molecule has 0 radical (unpaired) electrons. The van der Waals surface area contributed by atoms with Crippen LogP contribution in [0.3, 0.4) is 0 Å². The number of amides is 1. The highest BCUT2D eigenvalue weighted by atomic mass is 79.9. The number of rotatable bonds is 4. The lowest BCUT2D eigenvalue weighted by molar-refractivity contribution is -0.118. The Morgan fingerprint density at radius 3 is 2.87 bits per heavy atom. The highest BCUT2D eigenvalue weighted by Gasteiger charge is 2.13. The lowest BCUT2D eigenvalue weighted by Gasteiger charge is -2.12. The van der Waals surface area contributed by atoms with E-state index in [4.69, 9.17) is 10.5 Å². The summed E-state index contributed by atoms with van der Waals surface area (Å²) in [6, 6.07) is 6.69. The molecule has 82 valence electrons. The standard InChI is InChI=1S/C10H13BrN2O2/c1-15-6-8(12)10(14)13-9-5-3-2-4-7(9)11/h2-5,8H,6,12H2,1H3,(H,13,14). The maximum Gasteiger partial charge on any atom is 0.243 e. The second-order valence-corrected chi connectivity index (χ2v) is 3.89. The van der Waals surface area contributed by atoms with Crippen molar-refractivity contribution in [1.29, 1.82) is 0 Å². The predicted molar refractivity (Wildman–Crippen MR) is 62.6 cm³/mol. The quantitative estimate of drug-likeness (QED) is 0.870. The zero-order valence-corrected chi connectivity index (χ0v) is 9.95. The molecule has 1 aromatic rings. The number of nitrogens with one attached hydrogen (secondary N) is 1. The second kappa shape index (κ2) is 5.85. The van der Waals surface area contributed by atoms with Gasteiger partial charge in [-0.25, -0.2) is 0 Å². The van der Waals surface area contributed by atoms with Crippen LogP contribution in [0.25, 0.3) is 0 Å². The topological polar surface area (TPSA) is 64.3 Å². The van der Waals surface area contributed by atoms with E-state index in [0.717, 1.165) is 4.47 Å². The van der Waals surface area contributed by atoms with Crippen LogP contribution in [0.2, 0.25) is 0 Å². The van der Waals surface area contributed by atoms with Gasteiger partial charge in [-0.2, -0.15) is 0 Å². The fourth-order valence-corrected chi connectivity index (χ4v) is 1.43. The van der Waals surface area contributed by atoms with E-state index < -0.39 is 6.04 Å². The van der Waals surface area contributed by atoms with Crippen molar-refractivity contribution in [1.82, 2.24) is 0 Å². The Kier molecular flexibility index (Phi) is 4.74. The summed E-state index contributed by atoms with van der Waals surface area (Å²) in [5.74, 6) is -0.260. The van der Waals surface area contributed by atoms with E-state index in [1.807, 2.05) is 18.2 Å². The van der Waals surface area contributed by atoms with Gasteiger partial charge >= 0.3 is 0 Å². The maximum atomic E-state index is 11.5. The van der Waals surface area contributed by atoms with Crippen LogP contribution in [0, 0.1) is 0 Å². The Labute approximate surface area is 96.9 Å². The molecule has 0 aliphatic heterocycles. The first-order valence-electron chi connectivity index (χ1n) is 4.45. The lowest BCUT2D eigenvalue weighted by Crippen LogP contribution is -2.39. The largest absolute Gasteiger partial charge is 0.383 e. The molecule has 0 spiro atoms. The van der Waals surface area contributed by atoms with Crippen molar-refractivity contribution in [2.75, 3.05) is 19.0 Å². The number of benzene rings is 1. The SMILES string of the molecule is COCC(N)C(=O)Nc1ccccc1Br. The van der Waals surface area contributed by atoms with E-state index in [2.05, 4.69) is 21.2 Å². The zero-order chi connectivity index (χ0) is 11.3. The van der Waals surface area contributed by atoms with Crippen molar-refractivity contribution in [3.63, 3.8) is 0 Å². The molecular formula is C10H13BrN2O2. The van der Waals surface area contributed by atoms with Crippen LogP contribution in [-0.2, 0) is 9.53 Å². The number of para-hydroxylation sites is 1. The molecule has 5 heteroatoms. The lowest BCUT2D eigenvalue weighted by atomic mass is 10.2. The fourth-order valence-electron chi connectivity index (χ4n) is 1.04. The molecule has 0 heterocycles. The summed E-state index contributed by atoms with van der Waals surface area (Å²) in [6.07, 6.45) is 0. The molecule has 0 aliphatic rings. The van der Waals surface area contributed by atoms with Crippen molar-refractivity contribution in [3.05, 3.63) is 28.7 Å². The molecule has 1 amide bonds. The predicted octanol–water partition coefficient (Wildman–Crippen LogP) is 1.36. The van der Waals surface area contributed by atoms with E-state index >= 15 is 0 Å². The second-order valence-electron chi connectivity index (χ2n) is 3.03. The van der Waals surface area contributed by atoms with Gasteiger partial charge in [0.1, 0.15) is 6.04 Å². The van der Waals surface area contributed by atoms with Crippen LogP contribution in [0.15, 0.2) is 28.7 Å². The first-order valence-corrected chi connectivity index (χ1v) is 5.24. The molecule has 0 aliphatic carbocycles. The highest BCUT2D eigenvalue weighted by Crippen LogP contribution is 2.21. The summed E-state index contributed by atoms with van der Waals surface area (Å²) in [5.41, 5.74) is 6.28. The van der Waals surface area contributed by atoms with E-state index in [0.29, 0.717) is 5.69 Å². The Morgan fingerprint density at radius 2 is 2.27 bits per heavy atom. The summed E-state index contributed by atoms with van der Waals surface area (Å²) in [5, 5.41) is 2.70. The number of methoxy groups -OCH3 is 1. The van der Waals surface area contributed by atoms with Crippen molar-refractivity contribution >= 4 is 27.5 Å². The van der Waals surface area contributed by atoms with Crippen molar-refractivity contribution < 1.29 is 9.53 Å². The van der Waals surface area contributed by atoms with Gasteiger partial charge in [0.25, 0.3) is 0 Å². The number of halogens is 1. The van der Waals surface area contributed by atoms with Crippen LogP contribution in [0.1, 0.15) is 0 Å². The van der Waals surface area contributed by atoms with Crippen molar-refractivity contribution in [2.45, 2.75) is 6.04 Å². The number of nitrogens with two attached hydrogens (primary N) is 1. The van der Waals surface area contributed by atoms with Gasteiger partial charge in [-0.15, -0.1) is 0 Å². The molecule has 4 nitrogen and oxygen atoms in total. The Morgan fingerprint density at radius 1 is 1.60 bits per heavy atom. The van der Waals surface area contributed by atoms with Gasteiger partial charge < -0.3 is 15.8 Å². The van der Waals surface area contributed by atoms with Gasteiger partial charge in [0.2, 0.25) is 5.91 Å². The molecule has 15 heavy (non-hydrogen) atoms. The van der Waals surface area contributed by atoms with Crippen molar-refractivity contribution in [3.8, 4) is 0 Å². The monoisotopic (exact) mass is 272 g/mol. The minimum atomic E-state index is -0.651. The first-order chi connectivity index (χ1) is 7.15. The van der Waals surface area contributed by atoms with E-state index in [-0.39, 0.29) is 12.5 Å². The summed E-state index contributed by atoms with van der Waals surface area (Å²) >= 11 is 3.33. The molecule has 1 rings (SSSR count). The zero-order valence-electron chi connectivity index (χ0n) is 8.37. The maximum absolute atomic E-state index is 11.5. The molecule has 1 aromatic carbocycles. The van der Waals surface area contributed by atoms with Gasteiger partial charge in [0.05, 0.1) is 12.3 Å². The fraction of sp³-hybridized carbons (Fsp3) is 0.300. The molecular weight excluding hydrogens is 260 g/mol. The van der Waals surface area contributed by atoms with Gasteiger partial charge in [-0.1, -0.05) is 12.1 Å². The van der Waals surface area contributed by atoms with E-state index in [1.54, 1.807) is 6.07 Å². The van der Waals surface area contributed by atoms with E-state index in [9.17, 15) is 4.79 Å². The summed E-state index contributed by atoms with van der Waals surface area (Å²) in [6.45, 7) is 0.205.